The van der Waals surface area contributed by atoms with Crippen LogP contribution in [-0.2, 0) is 4.74 Å². The van der Waals surface area contributed by atoms with Crippen molar-refractivity contribution in [1.82, 2.24) is 29.9 Å². The second-order valence-corrected chi connectivity index (χ2v) is 8.32. The largest absolute Gasteiger partial charge is 0.382 e. The number of methoxy groups -OCH3 is 1. The number of carbonyl (C=O) groups is 1. The van der Waals surface area contributed by atoms with E-state index in [-0.39, 0.29) is 11.9 Å². The highest BCUT2D eigenvalue weighted by Gasteiger charge is 2.29. The van der Waals surface area contributed by atoms with Gasteiger partial charge in [0.2, 0.25) is 0 Å². The van der Waals surface area contributed by atoms with Crippen LogP contribution in [0.15, 0.2) is 67.5 Å². The van der Waals surface area contributed by atoms with Gasteiger partial charge in [0.1, 0.15) is 11.6 Å². The van der Waals surface area contributed by atoms with Gasteiger partial charge >= 0.3 is 6.08 Å². The van der Waals surface area contributed by atoms with Crippen molar-refractivity contribution in [2.24, 2.45) is 0 Å². The molecule has 1 aliphatic rings. The summed E-state index contributed by atoms with van der Waals surface area (Å²) in [5.41, 5.74) is 1.40. The van der Waals surface area contributed by atoms with Crippen LogP contribution in [0.2, 0.25) is 0 Å². The van der Waals surface area contributed by atoms with Gasteiger partial charge in [0.25, 0.3) is 5.91 Å². The molecule has 0 spiro atoms. The third-order valence-electron chi connectivity index (χ3n) is 5.93. The molecule has 0 radical (unpaired) electrons. The monoisotopic (exact) mass is 501 g/mol. The normalized spacial score (nSPS) is 15.5. The topological polar surface area (TPSA) is 122 Å². The van der Waals surface area contributed by atoms with Crippen molar-refractivity contribution in [3.63, 3.8) is 0 Å². The number of ether oxygens (including phenoxy) is 1. The number of aromatic nitrogens is 6. The Hall–Kier alpha value is -4.58. The van der Waals surface area contributed by atoms with Crippen LogP contribution in [0.25, 0.3) is 11.3 Å². The van der Waals surface area contributed by atoms with E-state index < -0.39 is 6.08 Å². The van der Waals surface area contributed by atoms with Crippen molar-refractivity contribution in [2.45, 2.75) is 6.04 Å². The lowest BCUT2D eigenvalue weighted by Gasteiger charge is -2.42. The summed E-state index contributed by atoms with van der Waals surface area (Å²) in [5, 5.41) is 2.73. The number of carbonyl (C=O) groups excluding carboxylic acids is 1. The molecule has 4 aromatic heterocycles. The standard InChI is InChI=1S/C25H24FN9O2/c1-37-16-19-15-34(22-4-2-3-7-27-22)8-9-35(19)23-14-29-21(13-30-23)33-24(36)17-5-6-20(28-10-17)18-11-31-25(26)32-12-18/h2-7,10-14,19H,8-9,15-16H2,1H3,(H,29,33,36)/t19-/m1/s1. The first kappa shape index (κ1) is 24.1. The number of nitrogens with zero attached hydrogens (tertiary/aromatic N) is 8. The molecule has 4 aromatic rings. The summed E-state index contributed by atoms with van der Waals surface area (Å²) in [7, 11) is 1.68. The predicted molar refractivity (Wildman–Crippen MR) is 135 cm³/mol. The van der Waals surface area contributed by atoms with Crippen molar-refractivity contribution in [1.29, 1.82) is 0 Å². The van der Waals surface area contributed by atoms with Crippen LogP contribution in [0.3, 0.4) is 0 Å². The van der Waals surface area contributed by atoms with E-state index >= 15 is 0 Å². The van der Waals surface area contributed by atoms with E-state index in [0.29, 0.717) is 35.1 Å². The molecule has 5 rings (SSSR count). The second-order valence-electron chi connectivity index (χ2n) is 8.32. The van der Waals surface area contributed by atoms with Crippen LogP contribution < -0.4 is 15.1 Å². The molecule has 0 aromatic carbocycles. The number of amides is 1. The Morgan fingerprint density at radius 2 is 1.84 bits per heavy atom. The van der Waals surface area contributed by atoms with E-state index in [9.17, 15) is 9.18 Å². The van der Waals surface area contributed by atoms with Crippen LogP contribution in [-0.4, -0.2) is 75.2 Å². The highest BCUT2D eigenvalue weighted by atomic mass is 19.1. The van der Waals surface area contributed by atoms with E-state index in [1.165, 1.54) is 24.8 Å². The average Bonchev–Trinajstić information content (AvgIpc) is 2.95. The zero-order chi connectivity index (χ0) is 25.6. The van der Waals surface area contributed by atoms with E-state index in [2.05, 4.69) is 45.0 Å². The SMILES string of the molecule is COC[C@H]1CN(c2ccccn2)CCN1c1cnc(NC(=O)c2ccc(-c3cnc(F)nc3)nc2)cn1. The Balaban J connectivity index is 1.23. The molecular weight excluding hydrogens is 477 g/mol. The average molecular weight is 502 g/mol. The number of pyridine rings is 2. The van der Waals surface area contributed by atoms with Gasteiger partial charge < -0.3 is 19.9 Å². The lowest BCUT2D eigenvalue weighted by molar-refractivity contribution is 0.102. The molecular formula is C25H24FN9O2. The van der Waals surface area contributed by atoms with Gasteiger partial charge in [-0.1, -0.05) is 6.07 Å². The number of piperazine rings is 1. The summed E-state index contributed by atoms with van der Waals surface area (Å²) in [4.78, 5) is 41.7. The molecule has 11 nitrogen and oxygen atoms in total. The van der Waals surface area contributed by atoms with Crippen molar-refractivity contribution in [2.75, 3.05) is 48.5 Å². The zero-order valence-electron chi connectivity index (χ0n) is 20.0. The number of rotatable bonds is 7. The Morgan fingerprint density at radius 3 is 2.51 bits per heavy atom. The first-order valence-electron chi connectivity index (χ1n) is 11.6. The number of halogens is 1. The Bertz CT molecular complexity index is 1320. The van der Waals surface area contributed by atoms with Crippen LogP contribution in [0, 0.1) is 6.08 Å². The van der Waals surface area contributed by atoms with E-state index in [0.717, 1.165) is 25.5 Å². The Labute approximate surface area is 212 Å². The first-order chi connectivity index (χ1) is 18.1. The molecule has 1 amide bonds. The minimum Gasteiger partial charge on any atom is -0.382 e. The molecule has 1 aliphatic heterocycles. The fraction of sp³-hybridized carbons (Fsp3) is 0.240. The summed E-state index contributed by atoms with van der Waals surface area (Å²) < 4.78 is 18.4. The molecule has 0 unspecified atom stereocenters. The fourth-order valence-corrected chi connectivity index (χ4v) is 4.11. The molecule has 1 fully saturated rings. The maximum atomic E-state index is 12.9. The number of nitrogens with one attached hydrogen (secondary N) is 1. The molecule has 0 saturated carbocycles. The second kappa shape index (κ2) is 11.0. The molecule has 188 valence electrons. The van der Waals surface area contributed by atoms with Crippen molar-refractivity contribution in [3.8, 4) is 11.3 Å². The summed E-state index contributed by atoms with van der Waals surface area (Å²) >= 11 is 0. The van der Waals surface area contributed by atoms with Gasteiger partial charge in [0.05, 0.1) is 36.3 Å². The molecule has 0 aliphatic carbocycles. The van der Waals surface area contributed by atoms with Crippen LogP contribution in [0.1, 0.15) is 10.4 Å². The van der Waals surface area contributed by atoms with Crippen molar-refractivity contribution >= 4 is 23.4 Å². The maximum Gasteiger partial charge on any atom is 0.308 e. The van der Waals surface area contributed by atoms with Gasteiger partial charge in [-0.3, -0.25) is 9.78 Å². The molecule has 1 atom stereocenters. The third-order valence-corrected chi connectivity index (χ3v) is 5.93. The highest BCUT2D eigenvalue weighted by molar-refractivity contribution is 6.03. The van der Waals surface area contributed by atoms with Gasteiger partial charge in [0, 0.05) is 57.1 Å². The molecule has 37 heavy (non-hydrogen) atoms. The smallest absolute Gasteiger partial charge is 0.308 e. The number of anilines is 3. The third kappa shape index (κ3) is 5.64. The summed E-state index contributed by atoms with van der Waals surface area (Å²) in [6.07, 6.45) is 8.23. The lowest BCUT2D eigenvalue weighted by atomic mass is 10.1. The Morgan fingerprint density at radius 1 is 0.973 bits per heavy atom. The fourth-order valence-electron chi connectivity index (χ4n) is 4.11. The van der Waals surface area contributed by atoms with E-state index in [1.54, 1.807) is 31.6 Å². The number of hydrogen-bond acceptors (Lipinski definition) is 10. The summed E-state index contributed by atoms with van der Waals surface area (Å²) in [6.45, 7) is 2.77. The van der Waals surface area contributed by atoms with Gasteiger partial charge in [-0.15, -0.1) is 0 Å². The molecule has 0 bridgehead atoms. The minimum atomic E-state index is -0.812. The van der Waals surface area contributed by atoms with Gasteiger partial charge in [-0.05, 0) is 24.3 Å². The maximum absolute atomic E-state index is 12.9. The molecule has 1 saturated heterocycles. The molecule has 5 heterocycles. The van der Waals surface area contributed by atoms with Gasteiger partial charge in [-0.25, -0.2) is 24.9 Å². The van der Waals surface area contributed by atoms with Gasteiger partial charge in [-0.2, -0.15) is 4.39 Å². The van der Waals surface area contributed by atoms with Crippen molar-refractivity contribution in [3.05, 3.63) is 79.2 Å². The van der Waals surface area contributed by atoms with E-state index in [4.69, 9.17) is 4.74 Å². The minimum absolute atomic E-state index is 0.0617. The summed E-state index contributed by atoms with van der Waals surface area (Å²) in [5.74, 6) is 1.58. The molecule has 12 heteroatoms. The first-order valence-corrected chi connectivity index (χ1v) is 11.6. The molecule has 1 N–H and O–H groups in total. The van der Waals surface area contributed by atoms with Crippen LogP contribution in [0.4, 0.5) is 21.8 Å². The van der Waals surface area contributed by atoms with Crippen molar-refractivity contribution < 1.29 is 13.9 Å². The summed E-state index contributed by atoms with van der Waals surface area (Å²) in [6, 6.07) is 9.18. The zero-order valence-corrected chi connectivity index (χ0v) is 20.0. The quantitative estimate of drug-likeness (QED) is 0.378. The Kier molecular flexibility index (Phi) is 7.17. The highest BCUT2D eigenvalue weighted by Crippen LogP contribution is 2.22. The van der Waals surface area contributed by atoms with E-state index in [1.807, 2.05) is 18.2 Å². The van der Waals surface area contributed by atoms with Crippen LogP contribution in [0.5, 0.6) is 0 Å². The lowest BCUT2D eigenvalue weighted by Crippen LogP contribution is -2.55. The number of hydrogen-bond donors (Lipinski definition) is 1. The van der Waals surface area contributed by atoms with Gasteiger partial charge in [0.15, 0.2) is 5.82 Å². The van der Waals surface area contributed by atoms with Crippen LogP contribution >= 0.6 is 0 Å². The predicted octanol–water partition coefficient (Wildman–Crippen LogP) is 2.46.